The number of thiophene rings is 1. The van der Waals surface area contributed by atoms with E-state index in [-0.39, 0.29) is 10.8 Å². The fraction of sp³-hybridized carbons (Fsp3) is 0.381. The van der Waals surface area contributed by atoms with Crippen LogP contribution in [0.5, 0.6) is 0 Å². The lowest BCUT2D eigenvalue weighted by atomic mass is 10.1. The molecule has 1 amide bonds. The fourth-order valence-electron chi connectivity index (χ4n) is 3.16. The van der Waals surface area contributed by atoms with Crippen molar-refractivity contribution in [3.63, 3.8) is 0 Å². The topological polar surface area (TPSA) is 101 Å². The largest absolute Gasteiger partial charge is 0.321 e. The van der Waals surface area contributed by atoms with Gasteiger partial charge in [-0.1, -0.05) is 26.3 Å². The molecule has 0 bridgehead atoms. The van der Waals surface area contributed by atoms with Crippen molar-refractivity contribution in [3.05, 3.63) is 46.2 Å². The summed E-state index contributed by atoms with van der Waals surface area (Å²) in [6, 6.07) is 6.27. The average molecular weight is 447 g/mol. The van der Waals surface area contributed by atoms with Gasteiger partial charge >= 0.3 is 0 Å². The summed E-state index contributed by atoms with van der Waals surface area (Å²) >= 11 is 1.32. The Morgan fingerprint density at radius 1 is 1.17 bits per heavy atom. The summed E-state index contributed by atoms with van der Waals surface area (Å²) < 4.78 is 27.5. The van der Waals surface area contributed by atoms with Crippen LogP contribution in [0.15, 0.2) is 29.2 Å². The van der Waals surface area contributed by atoms with Crippen LogP contribution in [-0.4, -0.2) is 30.8 Å². The van der Waals surface area contributed by atoms with Gasteiger partial charge in [0.1, 0.15) is 10.7 Å². The van der Waals surface area contributed by atoms with Gasteiger partial charge in [-0.25, -0.2) is 23.1 Å². The highest BCUT2D eigenvalue weighted by Crippen LogP contribution is 2.32. The van der Waals surface area contributed by atoms with Crippen molar-refractivity contribution in [1.82, 2.24) is 14.7 Å². The Labute approximate surface area is 181 Å². The molecule has 0 saturated carbocycles. The smallest absolute Gasteiger partial charge is 0.266 e. The lowest BCUT2D eigenvalue weighted by Crippen LogP contribution is -2.24. The molecule has 0 fully saturated rings. The molecule has 2 N–H and O–H groups in total. The van der Waals surface area contributed by atoms with Crippen molar-refractivity contribution in [2.75, 3.05) is 11.9 Å². The van der Waals surface area contributed by atoms with Crippen LogP contribution in [0.4, 0.5) is 5.69 Å². The maximum atomic E-state index is 12.9. The first kappa shape index (κ1) is 22.3. The highest BCUT2D eigenvalue weighted by Gasteiger charge is 2.20. The van der Waals surface area contributed by atoms with Crippen molar-refractivity contribution >= 4 is 43.2 Å². The lowest BCUT2D eigenvalue weighted by molar-refractivity contribution is 0.103. The Bertz CT molecular complexity index is 1190. The number of hydrogen-bond acceptors (Lipinski definition) is 6. The molecule has 7 nitrogen and oxygen atoms in total. The standard InChI is InChI=1S/C21H26N4O3S2/c1-5-7-11-22-30(27,28)16-10-8-9-15(12-16)24-20(26)19-13(3)18-14(4)23-17(6-2)25-21(18)29-19/h8-10,12,22H,5-7,11H2,1-4H3,(H,24,26). The molecule has 9 heteroatoms. The fourth-order valence-corrected chi connectivity index (χ4v) is 5.43. The molecule has 30 heavy (non-hydrogen) atoms. The number of nitrogens with one attached hydrogen (secondary N) is 2. The molecule has 2 aromatic heterocycles. The normalized spacial score (nSPS) is 11.7. The summed E-state index contributed by atoms with van der Waals surface area (Å²) in [5.74, 6) is 0.461. The molecule has 1 aromatic carbocycles. The quantitative estimate of drug-likeness (QED) is 0.505. The zero-order valence-electron chi connectivity index (χ0n) is 17.6. The molecule has 160 valence electrons. The van der Waals surface area contributed by atoms with Crippen molar-refractivity contribution < 1.29 is 13.2 Å². The Kier molecular flexibility index (Phi) is 6.84. The first-order valence-electron chi connectivity index (χ1n) is 9.94. The van der Waals surface area contributed by atoms with Gasteiger partial charge in [0.15, 0.2) is 0 Å². The summed E-state index contributed by atoms with van der Waals surface area (Å²) in [5.41, 5.74) is 2.11. The van der Waals surface area contributed by atoms with E-state index in [1.54, 1.807) is 12.1 Å². The van der Waals surface area contributed by atoms with Crippen LogP contribution in [0, 0.1) is 13.8 Å². The van der Waals surface area contributed by atoms with Gasteiger partial charge in [-0.15, -0.1) is 11.3 Å². The third-order valence-electron chi connectivity index (χ3n) is 4.76. The SMILES string of the molecule is CCCCNS(=O)(=O)c1cccc(NC(=O)c2sc3nc(CC)nc(C)c3c2C)c1. The third-order valence-corrected chi connectivity index (χ3v) is 7.41. The number of amides is 1. The van der Waals surface area contributed by atoms with Crippen LogP contribution < -0.4 is 10.0 Å². The predicted molar refractivity (Wildman–Crippen MR) is 121 cm³/mol. The molecule has 0 aliphatic carbocycles. The van der Waals surface area contributed by atoms with Crippen LogP contribution in [-0.2, 0) is 16.4 Å². The number of hydrogen-bond donors (Lipinski definition) is 2. The van der Waals surface area contributed by atoms with E-state index in [9.17, 15) is 13.2 Å². The second-order valence-corrected chi connectivity index (χ2v) is 9.81. The number of benzene rings is 1. The van der Waals surface area contributed by atoms with Gasteiger partial charge < -0.3 is 5.32 Å². The van der Waals surface area contributed by atoms with Crippen LogP contribution in [0.2, 0.25) is 0 Å². The van der Waals surface area contributed by atoms with E-state index in [2.05, 4.69) is 20.0 Å². The van der Waals surface area contributed by atoms with Gasteiger partial charge in [0.2, 0.25) is 10.0 Å². The molecule has 0 aliphatic heterocycles. The zero-order chi connectivity index (χ0) is 21.9. The van der Waals surface area contributed by atoms with E-state index in [0.29, 0.717) is 17.1 Å². The molecule has 0 radical (unpaired) electrons. The number of rotatable bonds is 8. The Balaban J connectivity index is 1.86. The van der Waals surface area contributed by atoms with Crippen molar-refractivity contribution in [2.45, 2.75) is 51.9 Å². The molecule has 0 saturated heterocycles. The van der Waals surface area contributed by atoms with Gasteiger partial charge in [0.25, 0.3) is 5.91 Å². The van der Waals surface area contributed by atoms with Crippen molar-refractivity contribution in [3.8, 4) is 0 Å². The second-order valence-electron chi connectivity index (χ2n) is 7.05. The minimum Gasteiger partial charge on any atom is -0.321 e. The average Bonchev–Trinajstić information content (AvgIpc) is 3.05. The molecule has 0 aliphatic rings. The Hall–Kier alpha value is -2.36. The zero-order valence-corrected chi connectivity index (χ0v) is 19.2. The number of aromatic nitrogens is 2. The Morgan fingerprint density at radius 2 is 1.93 bits per heavy atom. The van der Waals surface area contributed by atoms with E-state index in [4.69, 9.17) is 0 Å². The van der Waals surface area contributed by atoms with Gasteiger partial charge in [-0.05, 0) is 44.0 Å². The summed E-state index contributed by atoms with van der Waals surface area (Å²) in [5, 5.41) is 3.72. The minimum atomic E-state index is -3.61. The summed E-state index contributed by atoms with van der Waals surface area (Å²) in [7, 11) is -3.61. The number of carbonyl (C=O) groups is 1. The van der Waals surface area contributed by atoms with Crippen molar-refractivity contribution in [2.24, 2.45) is 0 Å². The van der Waals surface area contributed by atoms with Gasteiger partial charge in [0, 0.05) is 29.7 Å². The molecule has 0 unspecified atom stereocenters. The number of fused-ring (bicyclic) bond motifs is 1. The number of unbranched alkanes of at least 4 members (excludes halogenated alkanes) is 1. The van der Waals surface area contributed by atoms with E-state index in [0.717, 1.165) is 46.6 Å². The monoisotopic (exact) mass is 446 g/mol. The summed E-state index contributed by atoms with van der Waals surface area (Å²) in [6.07, 6.45) is 2.39. The van der Waals surface area contributed by atoms with Gasteiger partial charge in [-0.3, -0.25) is 4.79 Å². The number of sulfonamides is 1. The first-order chi connectivity index (χ1) is 14.3. The molecular weight excluding hydrogens is 420 g/mol. The molecule has 3 aromatic rings. The van der Waals surface area contributed by atoms with E-state index in [1.165, 1.54) is 23.5 Å². The minimum absolute atomic E-state index is 0.124. The third kappa shape index (κ3) is 4.69. The predicted octanol–water partition coefficient (Wildman–Crippen LogP) is 4.20. The number of aryl methyl sites for hydroxylation is 3. The van der Waals surface area contributed by atoms with Crippen LogP contribution in [0.1, 0.15) is 53.4 Å². The second kappa shape index (κ2) is 9.20. The summed E-state index contributed by atoms with van der Waals surface area (Å²) in [6.45, 7) is 8.18. The molecule has 0 atom stereocenters. The lowest BCUT2D eigenvalue weighted by Gasteiger charge is -2.09. The molecular formula is C21H26N4O3S2. The van der Waals surface area contributed by atoms with Crippen molar-refractivity contribution in [1.29, 1.82) is 0 Å². The van der Waals surface area contributed by atoms with Crippen LogP contribution in [0.25, 0.3) is 10.2 Å². The first-order valence-corrected chi connectivity index (χ1v) is 12.2. The van der Waals surface area contributed by atoms with E-state index in [1.807, 2.05) is 27.7 Å². The van der Waals surface area contributed by atoms with E-state index < -0.39 is 10.0 Å². The molecule has 0 spiro atoms. The molecule has 2 heterocycles. The maximum Gasteiger partial charge on any atom is 0.266 e. The van der Waals surface area contributed by atoms with E-state index >= 15 is 0 Å². The number of anilines is 1. The van der Waals surface area contributed by atoms with Gasteiger partial charge in [0.05, 0.1) is 9.77 Å². The van der Waals surface area contributed by atoms with Gasteiger partial charge in [-0.2, -0.15) is 0 Å². The maximum absolute atomic E-state index is 12.9. The highest BCUT2D eigenvalue weighted by molar-refractivity contribution is 7.89. The van der Waals surface area contributed by atoms with Crippen LogP contribution >= 0.6 is 11.3 Å². The number of carbonyl (C=O) groups excluding carboxylic acids is 1. The number of nitrogens with zero attached hydrogens (tertiary/aromatic N) is 2. The summed E-state index contributed by atoms with van der Waals surface area (Å²) in [4.78, 5) is 23.4. The Morgan fingerprint density at radius 3 is 2.63 bits per heavy atom. The van der Waals surface area contributed by atoms with Crippen LogP contribution in [0.3, 0.4) is 0 Å². The highest BCUT2D eigenvalue weighted by atomic mass is 32.2. The molecule has 3 rings (SSSR count).